The zero-order chi connectivity index (χ0) is 22.8. The molecule has 0 saturated carbocycles. The molecule has 2 aliphatic rings. The Morgan fingerprint density at radius 1 is 1.18 bits per heavy atom. The zero-order valence-corrected chi connectivity index (χ0v) is 18.9. The summed E-state index contributed by atoms with van der Waals surface area (Å²) >= 11 is 0. The van der Waals surface area contributed by atoms with Gasteiger partial charge in [-0.3, -0.25) is 4.79 Å². The molecule has 1 atom stereocenters. The molecule has 2 N–H and O–H groups in total. The fourth-order valence-electron chi connectivity index (χ4n) is 4.23. The highest BCUT2D eigenvalue weighted by atomic mass is 16.5. The highest BCUT2D eigenvalue weighted by Crippen LogP contribution is 2.26. The number of rotatable bonds is 5. The molecule has 1 aromatic heterocycles. The number of aromatic amines is 1. The van der Waals surface area contributed by atoms with Crippen LogP contribution in [0.1, 0.15) is 23.7 Å². The summed E-state index contributed by atoms with van der Waals surface area (Å²) in [5.41, 5.74) is 4.11. The van der Waals surface area contributed by atoms with E-state index in [0.29, 0.717) is 5.56 Å². The van der Waals surface area contributed by atoms with E-state index in [1.165, 1.54) is 5.70 Å². The SMILES string of the molecule is COc1ccc2nc(-c3ccc(C(=O)NC4(C)C=CC(N5CCOCC5)=CC4)cc3)[nH]c2c1. The van der Waals surface area contributed by atoms with Gasteiger partial charge in [-0.15, -0.1) is 0 Å². The Morgan fingerprint density at radius 3 is 2.67 bits per heavy atom. The van der Waals surface area contributed by atoms with Gasteiger partial charge in [0.2, 0.25) is 0 Å². The minimum atomic E-state index is -0.413. The molecule has 170 valence electrons. The minimum Gasteiger partial charge on any atom is -0.497 e. The van der Waals surface area contributed by atoms with Gasteiger partial charge in [0.25, 0.3) is 5.91 Å². The van der Waals surface area contributed by atoms with E-state index in [0.717, 1.165) is 60.9 Å². The molecule has 7 nitrogen and oxygen atoms in total. The summed E-state index contributed by atoms with van der Waals surface area (Å²) in [6.07, 6.45) is 7.15. The van der Waals surface area contributed by atoms with Gasteiger partial charge in [-0.05, 0) is 43.7 Å². The first-order valence-corrected chi connectivity index (χ1v) is 11.2. The van der Waals surface area contributed by atoms with Crippen molar-refractivity contribution in [3.05, 3.63) is 72.0 Å². The Bertz CT molecular complexity index is 1220. The summed E-state index contributed by atoms with van der Waals surface area (Å²) < 4.78 is 10.7. The maximum absolute atomic E-state index is 12.9. The van der Waals surface area contributed by atoms with Crippen LogP contribution >= 0.6 is 0 Å². The van der Waals surface area contributed by atoms with Gasteiger partial charge in [0, 0.05) is 36.0 Å². The first kappa shape index (κ1) is 21.3. The number of H-pyrrole nitrogens is 1. The lowest BCUT2D eigenvalue weighted by molar-refractivity contribution is 0.0549. The number of nitrogens with zero attached hydrogens (tertiary/aromatic N) is 2. The number of hydrogen-bond donors (Lipinski definition) is 2. The van der Waals surface area contributed by atoms with Crippen molar-refractivity contribution in [1.29, 1.82) is 0 Å². The first-order chi connectivity index (χ1) is 16.0. The number of imidazole rings is 1. The van der Waals surface area contributed by atoms with Crippen LogP contribution in [0.2, 0.25) is 0 Å². The van der Waals surface area contributed by atoms with Gasteiger partial charge in [-0.1, -0.05) is 24.3 Å². The Kier molecular flexibility index (Phi) is 5.64. The molecule has 7 heteroatoms. The van der Waals surface area contributed by atoms with Crippen LogP contribution in [0, 0.1) is 0 Å². The number of aromatic nitrogens is 2. The normalized spacial score (nSPS) is 20.5. The second-order valence-corrected chi connectivity index (χ2v) is 8.68. The molecule has 1 aliphatic heterocycles. The van der Waals surface area contributed by atoms with Crippen LogP contribution in [0.25, 0.3) is 22.4 Å². The molecule has 1 fully saturated rings. The van der Waals surface area contributed by atoms with E-state index in [1.807, 2.05) is 49.4 Å². The Morgan fingerprint density at radius 2 is 1.97 bits per heavy atom. The molecule has 5 rings (SSSR count). The second kappa shape index (κ2) is 8.75. The van der Waals surface area contributed by atoms with Crippen molar-refractivity contribution >= 4 is 16.9 Å². The quantitative estimate of drug-likeness (QED) is 0.624. The third-order valence-electron chi connectivity index (χ3n) is 6.24. The summed E-state index contributed by atoms with van der Waals surface area (Å²) in [5.74, 6) is 1.45. The predicted molar refractivity (Wildman–Crippen MR) is 128 cm³/mol. The van der Waals surface area contributed by atoms with Crippen molar-refractivity contribution in [2.75, 3.05) is 33.4 Å². The lowest BCUT2D eigenvalue weighted by Crippen LogP contribution is -2.45. The van der Waals surface area contributed by atoms with E-state index in [2.05, 4.69) is 38.4 Å². The molecule has 2 aromatic carbocycles. The summed E-state index contributed by atoms with van der Waals surface area (Å²) in [5, 5.41) is 3.18. The molecule has 0 radical (unpaired) electrons. The van der Waals surface area contributed by atoms with Gasteiger partial charge in [0.1, 0.15) is 11.6 Å². The number of amides is 1. The van der Waals surface area contributed by atoms with Crippen molar-refractivity contribution in [3.63, 3.8) is 0 Å². The third-order valence-corrected chi connectivity index (χ3v) is 6.24. The molecule has 2 heterocycles. The van der Waals surface area contributed by atoms with Crippen LogP contribution in [-0.4, -0.2) is 59.7 Å². The summed E-state index contributed by atoms with van der Waals surface area (Å²) in [6.45, 7) is 5.38. The summed E-state index contributed by atoms with van der Waals surface area (Å²) in [6, 6.07) is 13.2. The van der Waals surface area contributed by atoms with Crippen molar-refractivity contribution < 1.29 is 14.3 Å². The van der Waals surface area contributed by atoms with Gasteiger partial charge in [-0.2, -0.15) is 0 Å². The summed E-state index contributed by atoms with van der Waals surface area (Å²) in [4.78, 5) is 23.2. The topological polar surface area (TPSA) is 79.5 Å². The monoisotopic (exact) mass is 444 g/mol. The highest BCUT2D eigenvalue weighted by Gasteiger charge is 2.27. The van der Waals surface area contributed by atoms with Crippen molar-refractivity contribution in [3.8, 4) is 17.1 Å². The molecule has 1 aliphatic carbocycles. The van der Waals surface area contributed by atoms with Gasteiger partial charge >= 0.3 is 0 Å². The Hall–Kier alpha value is -3.58. The number of hydrogen-bond acceptors (Lipinski definition) is 5. The molecular formula is C26H28N4O3. The maximum Gasteiger partial charge on any atom is 0.251 e. The molecule has 3 aromatic rings. The van der Waals surface area contributed by atoms with Crippen LogP contribution in [0.3, 0.4) is 0 Å². The number of benzene rings is 2. The number of ether oxygens (including phenoxy) is 2. The highest BCUT2D eigenvalue weighted by molar-refractivity contribution is 5.95. The van der Waals surface area contributed by atoms with E-state index in [4.69, 9.17) is 9.47 Å². The van der Waals surface area contributed by atoms with Crippen molar-refractivity contribution in [1.82, 2.24) is 20.2 Å². The molecule has 1 amide bonds. The van der Waals surface area contributed by atoms with Crippen molar-refractivity contribution in [2.24, 2.45) is 0 Å². The number of carbonyl (C=O) groups excluding carboxylic acids is 1. The van der Waals surface area contributed by atoms with Crippen LogP contribution in [0.4, 0.5) is 0 Å². The number of carbonyl (C=O) groups is 1. The number of morpholine rings is 1. The molecule has 33 heavy (non-hydrogen) atoms. The molecule has 1 unspecified atom stereocenters. The van der Waals surface area contributed by atoms with Crippen molar-refractivity contribution in [2.45, 2.75) is 18.9 Å². The number of allylic oxidation sites excluding steroid dienone is 1. The smallest absolute Gasteiger partial charge is 0.251 e. The van der Waals surface area contributed by atoms with Crippen LogP contribution in [0.5, 0.6) is 5.75 Å². The van der Waals surface area contributed by atoms with Gasteiger partial charge in [0.15, 0.2) is 0 Å². The Balaban J connectivity index is 1.25. The number of methoxy groups -OCH3 is 1. The fraction of sp³-hybridized carbons (Fsp3) is 0.308. The molecule has 1 saturated heterocycles. The van der Waals surface area contributed by atoms with Gasteiger partial charge in [-0.25, -0.2) is 4.98 Å². The lowest BCUT2D eigenvalue weighted by atomic mass is 9.91. The van der Waals surface area contributed by atoms with E-state index in [-0.39, 0.29) is 5.91 Å². The van der Waals surface area contributed by atoms with E-state index in [1.54, 1.807) is 7.11 Å². The molecule has 0 bridgehead atoms. The van der Waals surface area contributed by atoms with E-state index < -0.39 is 5.54 Å². The maximum atomic E-state index is 12.9. The largest absolute Gasteiger partial charge is 0.497 e. The average molecular weight is 445 g/mol. The fourth-order valence-corrected chi connectivity index (χ4v) is 4.23. The van der Waals surface area contributed by atoms with E-state index in [9.17, 15) is 4.79 Å². The standard InChI is InChI=1S/C26H28N4O3/c1-26(11-9-20(10-12-26)30-13-15-33-16-14-30)29-25(31)19-5-3-18(4-6-19)24-27-22-8-7-21(32-2)17-23(22)28-24/h3-11,17H,12-16H2,1-2H3,(H,27,28)(H,29,31). The Labute approximate surface area is 193 Å². The first-order valence-electron chi connectivity index (χ1n) is 11.2. The second-order valence-electron chi connectivity index (χ2n) is 8.68. The van der Waals surface area contributed by atoms with Crippen LogP contribution < -0.4 is 10.1 Å². The molecular weight excluding hydrogens is 416 g/mol. The average Bonchev–Trinajstić information content (AvgIpc) is 3.28. The predicted octanol–water partition coefficient (Wildman–Crippen LogP) is 3.90. The lowest BCUT2D eigenvalue weighted by Gasteiger charge is -2.35. The third kappa shape index (κ3) is 4.50. The number of nitrogens with one attached hydrogen (secondary N) is 2. The van der Waals surface area contributed by atoms with Gasteiger partial charge < -0.3 is 24.7 Å². The van der Waals surface area contributed by atoms with Crippen LogP contribution in [0.15, 0.2) is 66.4 Å². The molecule has 0 spiro atoms. The zero-order valence-electron chi connectivity index (χ0n) is 18.9. The van der Waals surface area contributed by atoms with E-state index >= 15 is 0 Å². The number of fused-ring (bicyclic) bond motifs is 1. The van der Waals surface area contributed by atoms with Gasteiger partial charge in [0.05, 0.1) is 36.9 Å². The summed E-state index contributed by atoms with van der Waals surface area (Å²) in [7, 11) is 1.64. The van der Waals surface area contributed by atoms with Crippen LogP contribution in [-0.2, 0) is 4.74 Å². The minimum absolute atomic E-state index is 0.0914.